The number of nitrogens with zero attached hydrogens (tertiary/aromatic N) is 10. The zero-order valence-corrected chi connectivity index (χ0v) is 32.1. The van der Waals surface area contributed by atoms with Crippen LogP contribution in [0.25, 0.3) is 10.8 Å². The second-order valence-corrected chi connectivity index (χ2v) is 11.2. The van der Waals surface area contributed by atoms with Crippen molar-refractivity contribution in [1.82, 2.24) is 19.9 Å². The number of benzene rings is 1. The first-order chi connectivity index (χ1) is 29.4. The topological polar surface area (TPSA) is 212 Å². The molecule has 3 heterocycles. The number of hydrogen-bond acceptors (Lipinski definition) is 9. The van der Waals surface area contributed by atoms with Crippen LogP contribution in [0.1, 0.15) is 52.4 Å². The minimum absolute atomic E-state index is 0. The first-order valence-electron chi connectivity index (χ1n) is 17.2. The van der Waals surface area contributed by atoms with Gasteiger partial charge in [0.25, 0.3) is 0 Å². The number of Topliss-reactive ketones (excluding diaryl/α,β-unsaturated/α-hetero) is 1. The largest absolute Gasteiger partial charge is 0.383 e. The molecule has 0 spiro atoms. The van der Waals surface area contributed by atoms with Crippen LogP contribution in [0.15, 0.2) is 74.3 Å². The summed E-state index contributed by atoms with van der Waals surface area (Å²) >= 11 is 0. The fourth-order valence-corrected chi connectivity index (χ4v) is 4.54. The van der Waals surface area contributed by atoms with Crippen molar-refractivity contribution in [1.29, 1.82) is 5.53 Å². The van der Waals surface area contributed by atoms with Crippen molar-refractivity contribution in [3.63, 3.8) is 0 Å². The number of rotatable bonds is 10. The van der Waals surface area contributed by atoms with Gasteiger partial charge in [-0.1, -0.05) is 18.2 Å². The fraction of sp³-hybridized carbons (Fsp3) is 0.200. The highest BCUT2D eigenvalue weighted by Crippen LogP contribution is 2.21. The molecule has 0 radical (unpaired) electrons. The normalized spacial score (nSPS) is 10.4. The summed E-state index contributed by atoms with van der Waals surface area (Å²) in [6.45, 7) is 3.14. The molecular formula is C45H55N13O2. The summed E-state index contributed by atoms with van der Waals surface area (Å²) in [5, 5.41) is 20.3. The number of piperidine rings is 1. The van der Waals surface area contributed by atoms with Crippen LogP contribution in [0.4, 0.5) is 11.6 Å². The second kappa shape index (κ2) is 30.8. The van der Waals surface area contributed by atoms with Gasteiger partial charge in [0.2, 0.25) is 0 Å². The number of ketones is 1. The van der Waals surface area contributed by atoms with Crippen LogP contribution in [0, 0.1) is 148 Å². The molecule has 3 aromatic rings. The number of terminal acetylenes is 2. The van der Waals surface area contributed by atoms with E-state index in [0.717, 1.165) is 36.0 Å². The molecule has 0 atom stereocenters. The predicted molar refractivity (Wildman–Crippen MR) is 253 cm³/mol. The monoisotopic (exact) mass is 809 g/mol. The molecule has 1 fully saturated rings. The third kappa shape index (κ3) is 21.4. The maximum atomic E-state index is 12.7. The van der Waals surface area contributed by atoms with Crippen molar-refractivity contribution < 1.29 is 21.9 Å². The third-order valence-corrected chi connectivity index (χ3v) is 7.24. The Morgan fingerprint density at radius 3 is 1.92 bits per heavy atom. The van der Waals surface area contributed by atoms with Crippen LogP contribution >= 0.6 is 0 Å². The molecule has 0 bridgehead atoms. The van der Waals surface area contributed by atoms with Crippen molar-refractivity contribution in [2.75, 3.05) is 37.7 Å². The highest BCUT2D eigenvalue weighted by atomic mass is 16.3. The van der Waals surface area contributed by atoms with Gasteiger partial charge in [-0.15, -0.1) is 17.8 Å². The van der Waals surface area contributed by atoms with Crippen LogP contribution in [-0.4, -0.2) is 52.3 Å². The minimum atomic E-state index is -0.000203. The number of pyridine rings is 1. The number of nitrogen functional groups attached to an aromatic ring is 1. The molecule has 0 unspecified atom stereocenters. The van der Waals surface area contributed by atoms with E-state index in [9.17, 15) is 4.79 Å². The molecule has 60 heavy (non-hydrogen) atoms. The Labute approximate surface area is 366 Å². The molecule has 2 aromatic heterocycles. The number of carbonyl (C=O) groups is 1. The molecule has 312 valence electrons. The first kappa shape index (κ1) is 46.7. The lowest BCUT2D eigenvalue weighted by Gasteiger charge is -2.29. The number of nitrogens with one attached hydrogen (secondary N) is 2. The molecule has 1 aromatic carbocycles. The van der Waals surface area contributed by atoms with Crippen LogP contribution in [0.2, 0.25) is 0 Å². The molecule has 0 aliphatic carbocycles. The van der Waals surface area contributed by atoms with Gasteiger partial charge in [-0.2, -0.15) is 5.53 Å². The Balaban J connectivity index is -0.0000000891. The quantitative estimate of drug-likeness (QED) is 0.0602. The highest BCUT2D eigenvalue weighted by Gasteiger charge is 2.17. The lowest BCUT2D eigenvalue weighted by molar-refractivity contribution is 0.0977. The summed E-state index contributed by atoms with van der Waals surface area (Å²) in [6.07, 6.45) is 18.1. The molecule has 15 nitrogen and oxygen atoms in total. The number of likely N-dealkylation sites (tertiary alicyclic amines) is 1. The van der Waals surface area contributed by atoms with Gasteiger partial charge >= 0.3 is 0 Å². The number of carbonyl (C=O) groups excluding carboxylic acids is 1. The van der Waals surface area contributed by atoms with E-state index in [4.69, 9.17) is 29.0 Å². The van der Waals surface area contributed by atoms with E-state index in [2.05, 4.69) is 183 Å². The van der Waals surface area contributed by atoms with Gasteiger partial charge in [0.1, 0.15) is 22.6 Å². The van der Waals surface area contributed by atoms with Crippen molar-refractivity contribution in [2.45, 2.75) is 25.7 Å². The second-order valence-electron chi connectivity index (χ2n) is 11.2. The third-order valence-electron chi connectivity index (χ3n) is 7.24. The maximum absolute atomic E-state index is 12.7. The number of fused-ring (bicyclic) bond motifs is 1. The number of anilines is 2. The van der Waals surface area contributed by atoms with Gasteiger partial charge in [-0.05, 0) is 173 Å². The van der Waals surface area contributed by atoms with E-state index in [0.29, 0.717) is 36.1 Å². The average Bonchev–Trinajstić information content (AvgIpc) is 3.27. The number of nitroso groups, excluding NO2 is 1. The van der Waals surface area contributed by atoms with Crippen LogP contribution in [-0.2, 0) is 6.42 Å². The van der Waals surface area contributed by atoms with Crippen LogP contribution in [0.3, 0.4) is 0 Å². The SMILES string of the molecule is C#CC#CC#CC#CC#CC#CC#CC#CC#CC#CC#C.CN1CCC(CNc2cncc(C(=O)CCc3ccc4c(N)nccc4c3)n2)CC1.N=N/N=N/N=N/N=O.[HH].[HH].[HH].[HH].[HH].[HH].[HH].[HH].[HH].[HH].[HH].[HH]. The Bertz CT molecular complexity index is 2700. The minimum Gasteiger partial charge on any atom is -0.383 e. The van der Waals surface area contributed by atoms with Crippen LogP contribution < -0.4 is 11.1 Å². The van der Waals surface area contributed by atoms with E-state index in [1.807, 2.05) is 23.5 Å². The summed E-state index contributed by atoms with van der Waals surface area (Å²) in [4.78, 5) is 36.9. The van der Waals surface area contributed by atoms with Gasteiger partial charge in [0.15, 0.2) is 5.78 Å². The summed E-state index contributed by atoms with van der Waals surface area (Å²) < 4.78 is 0. The van der Waals surface area contributed by atoms with Crippen molar-refractivity contribution in [3.8, 4) is 131 Å². The van der Waals surface area contributed by atoms with Gasteiger partial charge in [0, 0.05) is 75.8 Å². The maximum Gasteiger partial charge on any atom is 0.183 e. The van der Waals surface area contributed by atoms with E-state index in [1.54, 1.807) is 18.6 Å². The number of nitrogens with two attached hydrogens (primary N) is 1. The summed E-state index contributed by atoms with van der Waals surface area (Å²) in [6, 6.07) is 7.96. The van der Waals surface area contributed by atoms with Crippen LogP contribution in [0.5, 0.6) is 0 Å². The Morgan fingerprint density at radius 2 is 1.38 bits per heavy atom. The Kier molecular flexibility index (Phi) is 23.9. The summed E-state index contributed by atoms with van der Waals surface area (Å²) in [5.41, 5.74) is 13.4. The summed E-state index contributed by atoms with van der Waals surface area (Å²) in [7, 11) is 2.16. The van der Waals surface area contributed by atoms with Crippen molar-refractivity contribution >= 4 is 28.2 Å². The smallest absolute Gasteiger partial charge is 0.183 e. The zero-order chi connectivity index (χ0) is 43.3. The number of aromatic nitrogens is 3. The van der Waals surface area contributed by atoms with Gasteiger partial charge in [-0.3, -0.25) is 9.78 Å². The predicted octanol–water partition coefficient (Wildman–Crippen LogP) is 7.84. The molecule has 4 N–H and O–H groups in total. The molecule has 1 aliphatic heterocycles. The molecule has 0 amide bonds. The summed E-state index contributed by atoms with van der Waals surface area (Å²) in [5.74, 6) is 50.0. The molecule has 4 rings (SSSR count). The van der Waals surface area contributed by atoms with Crippen molar-refractivity contribution in [2.24, 2.45) is 37.3 Å². The number of aryl methyl sites for hydroxylation is 1. The molecule has 1 aliphatic rings. The fourth-order valence-electron chi connectivity index (χ4n) is 4.54. The standard InChI is InChI=1S/C23H28N6O.C22H2.HN7O.12H2/c1-29-10-7-17(8-11-29)13-27-22-15-25-14-20(28-22)21(30)5-3-16-2-4-19-18(12-16)6-9-26-23(19)24;1-3-5-7-9-11-13-15-17-19-21-22-20-18-16-14-12-10-8-6-4-2;1-2-3-4-5-6-7-8;;;;;;;;;;;;/h2,4,6,9,12,14-15,17H,3,5,7-8,10-11,13H2,1H3,(H2,24,26)(H,27,28);1-2H;1H;12*1H/b;;2-1?,4-3+,6-5+;;;;;;;;;;;;. The van der Waals surface area contributed by atoms with Crippen molar-refractivity contribution in [3.05, 3.63) is 59.0 Å². The Morgan fingerprint density at radius 1 is 0.833 bits per heavy atom. The van der Waals surface area contributed by atoms with Gasteiger partial charge in [0.05, 0.1) is 12.4 Å². The van der Waals surface area contributed by atoms with Gasteiger partial charge < -0.3 is 16.0 Å². The first-order valence-corrected chi connectivity index (χ1v) is 17.2. The zero-order valence-electron chi connectivity index (χ0n) is 32.1. The van der Waals surface area contributed by atoms with E-state index >= 15 is 0 Å². The molecular weight excluding hydrogens is 755 g/mol. The average molecular weight is 810 g/mol. The Hall–Kier alpha value is -9.50. The molecule has 0 saturated carbocycles. The lowest BCUT2D eigenvalue weighted by Crippen LogP contribution is -2.33. The molecule has 1 saturated heterocycles. The van der Waals surface area contributed by atoms with E-state index in [-0.39, 0.29) is 22.9 Å². The molecule has 15 heteroatoms. The van der Waals surface area contributed by atoms with Gasteiger partial charge in [-0.25, -0.2) is 9.97 Å². The lowest BCUT2D eigenvalue weighted by atomic mass is 9.97. The van der Waals surface area contributed by atoms with E-state index in [1.165, 1.54) is 12.8 Å². The number of hydrogen-bond donors (Lipinski definition) is 3. The highest BCUT2D eigenvalue weighted by molar-refractivity contribution is 5.95. The van der Waals surface area contributed by atoms with E-state index < -0.39 is 0 Å².